The first-order valence-electron chi connectivity index (χ1n) is 10.9. The SMILES string of the molecule is Cc1c2c(cc3c1oc(=O)c1ccccc13)CN(c1ccc(Oc3ccccc3)cc1)CO2. The fourth-order valence-corrected chi connectivity index (χ4v) is 4.45. The second-order valence-electron chi connectivity index (χ2n) is 8.18. The molecule has 1 aliphatic rings. The van der Waals surface area contributed by atoms with Crippen LogP contribution >= 0.6 is 0 Å². The van der Waals surface area contributed by atoms with Crippen LogP contribution < -0.4 is 20.0 Å². The van der Waals surface area contributed by atoms with Crippen molar-refractivity contribution in [3.8, 4) is 17.2 Å². The zero-order valence-corrected chi connectivity index (χ0v) is 18.1. The number of rotatable bonds is 3. The highest BCUT2D eigenvalue weighted by atomic mass is 16.5. The van der Waals surface area contributed by atoms with Crippen LogP contribution in [-0.4, -0.2) is 6.73 Å². The summed E-state index contributed by atoms with van der Waals surface area (Å²) in [4.78, 5) is 14.6. The van der Waals surface area contributed by atoms with Crippen molar-refractivity contribution in [1.82, 2.24) is 0 Å². The molecular weight excluding hydrogens is 414 g/mol. The molecule has 0 atom stereocenters. The molecule has 1 aliphatic heterocycles. The number of benzene rings is 4. The van der Waals surface area contributed by atoms with Gasteiger partial charge in [-0.15, -0.1) is 0 Å². The predicted octanol–water partition coefficient (Wildman–Crippen LogP) is 6.40. The van der Waals surface area contributed by atoms with Gasteiger partial charge >= 0.3 is 5.63 Å². The van der Waals surface area contributed by atoms with Crippen molar-refractivity contribution in [2.75, 3.05) is 11.6 Å². The van der Waals surface area contributed by atoms with E-state index in [0.29, 0.717) is 24.2 Å². The average molecular weight is 435 g/mol. The smallest absolute Gasteiger partial charge is 0.344 e. The molecule has 5 aromatic rings. The van der Waals surface area contributed by atoms with E-state index in [1.807, 2.05) is 79.7 Å². The number of fused-ring (bicyclic) bond motifs is 4. The molecule has 2 heterocycles. The van der Waals surface area contributed by atoms with E-state index in [0.717, 1.165) is 44.8 Å². The number of hydrogen-bond donors (Lipinski definition) is 0. The molecule has 0 N–H and O–H groups in total. The van der Waals surface area contributed by atoms with Crippen LogP contribution in [0.1, 0.15) is 11.1 Å². The maximum absolute atomic E-state index is 12.5. The Balaban J connectivity index is 1.34. The van der Waals surface area contributed by atoms with Gasteiger partial charge in [-0.2, -0.15) is 0 Å². The molecule has 0 unspecified atom stereocenters. The maximum atomic E-state index is 12.5. The van der Waals surface area contributed by atoms with E-state index in [1.165, 1.54) is 0 Å². The van der Waals surface area contributed by atoms with E-state index < -0.39 is 0 Å². The summed E-state index contributed by atoms with van der Waals surface area (Å²) in [6.45, 7) is 3.05. The van der Waals surface area contributed by atoms with E-state index in [9.17, 15) is 4.79 Å². The van der Waals surface area contributed by atoms with Gasteiger partial charge in [0.15, 0.2) is 6.73 Å². The highest BCUT2D eigenvalue weighted by molar-refractivity contribution is 6.06. The Hall–Kier alpha value is -4.25. The van der Waals surface area contributed by atoms with Gasteiger partial charge in [-0.3, -0.25) is 0 Å². The molecule has 0 aliphatic carbocycles. The largest absolute Gasteiger partial charge is 0.472 e. The van der Waals surface area contributed by atoms with E-state index in [4.69, 9.17) is 13.9 Å². The van der Waals surface area contributed by atoms with Crippen LogP contribution in [0, 0.1) is 6.92 Å². The van der Waals surface area contributed by atoms with Gasteiger partial charge in [0, 0.05) is 28.7 Å². The molecule has 0 radical (unpaired) electrons. The third-order valence-corrected chi connectivity index (χ3v) is 6.07. The molecular formula is C28H21NO4. The fraction of sp³-hybridized carbons (Fsp3) is 0.107. The first-order chi connectivity index (χ1) is 16.2. The van der Waals surface area contributed by atoms with Crippen molar-refractivity contribution in [3.63, 3.8) is 0 Å². The van der Waals surface area contributed by atoms with Crippen LogP contribution in [0.15, 0.2) is 94.1 Å². The Bertz CT molecular complexity index is 1540. The average Bonchev–Trinajstić information content (AvgIpc) is 2.86. The normalized spacial score (nSPS) is 13.1. The Morgan fingerprint density at radius 2 is 1.52 bits per heavy atom. The number of nitrogens with zero attached hydrogens (tertiary/aromatic N) is 1. The van der Waals surface area contributed by atoms with Crippen molar-refractivity contribution in [2.24, 2.45) is 0 Å². The van der Waals surface area contributed by atoms with Gasteiger partial charge in [-0.25, -0.2) is 4.79 Å². The minimum Gasteiger partial charge on any atom is -0.472 e. The Kier molecular flexibility index (Phi) is 4.54. The fourth-order valence-electron chi connectivity index (χ4n) is 4.45. The zero-order chi connectivity index (χ0) is 22.4. The molecule has 0 saturated carbocycles. The number of aryl methyl sites for hydroxylation is 1. The standard InChI is InChI=1S/C28H21NO4/c1-18-26-19(15-25-23-9-5-6-10-24(23)28(30)33-27(18)25)16-29(17-31-26)20-11-13-22(14-12-20)32-21-7-3-2-4-8-21/h2-15H,16-17H2,1H3. The van der Waals surface area contributed by atoms with Crippen molar-refractivity contribution >= 4 is 27.4 Å². The van der Waals surface area contributed by atoms with Crippen LogP contribution in [0.5, 0.6) is 17.2 Å². The molecule has 5 nitrogen and oxygen atoms in total. The molecule has 33 heavy (non-hydrogen) atoms. The molecule has 6 rings (SSSR count). The molecule has 0 saturated heterocycles. The highest BCUT2D eigenvalue weighted by Gasteiger charge is 2.23. The van der Waals surface area contributed by atoms with Crippen LogP contribution in [-0.2, 0) is 6.54 Å². The second-order valence-corrected chi connectivity index (χ2v) is 8.18. The summed E-state index contributed by atoms with van der Waals surface area (Å²) >= 11 is 0. The van der Waals surface area contributed by atoms with Crippen molar-refractivity contribution < 1.29 is 13.9 Å². The second kappa shape index (κ2) is 7.71. The zero-order valence-electron chi connectivity index (χ0n) is 18.1. The molecule has 0 spiro atoms. The van der Waals surface area contributed by atoms with Crippen molar-refractivity contribution in [3.05, 3.63) is 106 Å². The lowest BCUT2D eigenvalue weighted by atomic mass is 10.00. The minimum absolute atomic E-state index is 0.323. The monoisotopic (exact) mass is 435 g/mol. The summed E-state index contributed by atoms with van der Waals surface area (Å²) in [5, 5.41) is 2.42. The van der Waals surface area contributed by atoms with Crippen LogP contribution in [0.25, 0.3) is 21.7 Å². The number of anilines is 1. The van der Waals surface area contributed by atoms with Crippen LogP contribution in [0.2, 0.25) is 0 Å². The first-order valence-corrected chi connectivity index (χ1v) is 10.9. The van der Waals surface area contributed by atoms with Crippen LogP contribution in [0.3, 0.4) is 0 Å². The quantitative estimate of drug-likeness (QED) is 0.242. The van der Waals surface area contributed by atoms with E-state index >= 15 is 0 Å². The third-order valence-electron chi connectivity index (χ3n) is 6.07. The summed E-state index contributed by atoms with van der Waals surface area (Å²) in [7, 11) is 0. The van der Waals surface area contributed by atoms with Crippen molar-refractivity contribution in [2.45, 2.75) is 13.5 Å². The molecule has 162 valence electrons. The van der Waals surface area contributed by atoms with Gasteiger partial charge in [0.1, 0.15) is 22.8 Å². The number of hydrogen-bond acceptors (Lipinski definition) is 5. The van der Waals surface area contributed by atoms with E-state index in [1.54, 1.807) is 6.07 Å². The molecule has 0 fully saturated rings. The minimum atomic E-state index is -0.323. The topological polar surface area (TPSA) is 51.9 Å². The summed E-state index contributed by atoms with van der Waals surface area (Å²) < 4.78 is 17.7. The summed E-state index contributed by atoms with van der Waals surface area (Å²) in [5.74, 6) is 2.38. The van der Waals surface area contributed by atoms with Gasteiger partial charge in [0.05, 0.1) is 5.39 Å². The van der Waals surface area contributed by atoms with Crippen molar-refractivity contribution in [1.29, 1.82) is 0 Å². The maximum Gasteiger partial charge on any atom is 0.344 e. The summed E-state index contributed by atoms with van der Waals surface area (Å²) in [6, 6.07) is 27.4. The lowest BCUT2D eigenvalue weighted by molar-refractivity contribution is 0.287. The van der Waals surface area contributed by atoms with Gasteiger partial charge in [-0.05, 0) is 60.8 Å². The molecule has 4 aromatic carbocycles. The number of para-hydroxylation sites is 1. The Labute approximate surface area is 190 Å². The Morgan fingerprint density at radius 3 is 2.30 bits per heavy atom. The molecule has 0 amide bonds. The van der Waals surface area contributed by atoms with E-state index in [-0.39, 0.29) is 5.63 Å². The highest BCUT2D eigenvalue weighted by Crippen LogP contribution is 2.38. The summed E-state index contributed by atoms with van der Waals surface area (Å²) in [6.07, 6.45) is 0. The van der Waals surface area contributed by atoms with Gasteiger partial charge in [0.2, 0.25) is 0 Å². The lowest BCUT2D eigenvalue weighted by Gasteiger charge is -2.32. The van der Waals surface area contributed by atoms with E-state index in [2.05, 4.69) is 11.0 Å². The van der Waals surface area contributed by atoms with Gasteiger partial charge < -0.3 is 18.8 Å². The summed E-state index contributed by atoms with van der Waals surface area (Å²) in [5.41, 5.74) is 3.24. The Morgan fingerprint density at radius 1 is 0.818 bits per heavy atom. The molecule has 0 bridgehead atoms. The van der Waals surface area contributed by atoms with Gasteiger partial charge in [0.25, 0.3) is 0 Å². The predicted molar refractivity (Wildman–Crippen MR) is 129 cm³/mol. The van der Waals surface area contributed by atoms with Crippen LogP contribution in [0.4, 0.5) is 5.69 Å². The molecule has 1 aromatic heterocycles. The number of ether oxygens (including phenoxy) is 2. The van der Waals surface area contributed by atoms with Gasteiger partial charge in [-0.1, -0.05) is 36.4 Å². The molecule has 5 heteroatoms. The first kappa shape index (κ1) is 19.4. The third kappa shape index (κ3) is 3.38. The lowest BCUT2D eigenvalue weighted by Crippen LogP contribution is -2.32.